The summed E-state index contributed by atoms with van der Waals surface area (Å²) in [7, 11) is 0. The van der Waals surface area contributed by atoms with Gasteiger partial charge in [-0.05, 0) is 35.2 Å². The van der Waals surface area contributed by atoms with Gasteiger partial charge in [0.05, 0.1) is 0 Å². The van der Waals surface area contributed by atoms with E-state index in [0.29, 0.717) is 11.5 Å². The zero-order chi connectivity index (χ0) is 14.8. The van der Waals surface area contributed by atoms with Gasteiger partial charge in [0.1, 0.15) is 29.8 Å². The van der Waals surface area contributed by atoms with E-state index in [2.05, 4.69) is 20.8 Å². The van der Waals surface area contributed by atoms with Crippen molar-refractivity contribution in [1.29, 1.82) is 0 Å². The highest BCUT2D eigenvalue weighted by Gasteiger charge is 2.13. The maximum atomic E-state index is 10.6. The summed E-state index contributed by atoms with van der Waals surface area (Å²) in [5, 5.41) is 10.6. The fraction of sp³-hybridized carbons (Fsp3) is 0.312. The molecule has 0 aliphatic heterocycles. The smallest absolute Gasteiger partial charge is 0.149 e. The first kappa shape index (κ1) is 14.2. The van der Waals surface area contributed by atoms with Crippen molar-refractivity contribution in [2.24, 2.45) is 0 Å². The molecular formula is C16H17O4-. The Kier molecular flexibility index (Phi) is 3.84. The Balaban J connectivity index is 1.98. The normalized spacial score (nSPS) is 11.3. The van der Waals surface area contributed by atoms with Crippen LogP contribution < -0.4 is 9.84 Å². The molecule has 0 saturated heterocycles. The maximum Gasteiger partial charge on any atom is 0.149 e. The monoisotopic (exact) mass is 273 g/mol. The second-order valence-corrected chi connectivity index (χ2v) is 5.62. The predicted molar refractivity (Wildman–Crippen MR) is 72.5 cm³/mol. The molecule has 0 saturated carbocycles. The number of rotatable bonds is 4. The summed E-state index contributed by atoms with van der Waals surface area (Å²) in [6, 6.07) is 10.7. The van der Waals surface area contributed by atoms with Crippen LogP contribution in [0.5, 0.6) is 5.75 Å². The maximum absolute atomic E-state index is 10.6. The Morgan fingerprint density at radius 3 is 2.30 bits per heavy atom. The van der Waals surface area contributed by atoms with E-state index >= 15 is 0 Å². The summed E-state index contributed by atoms with van der Waals surface area (Å²) in [6.07, 6.45) is 0. The molecule has 0 aliphatic rings. The molecule has 2 aromatic rings. The first-order valence-corrected chi connectivity index (χ1v) is 6.39. The lowest BCUT2D eigenvalue weighted by molar-refractivity contribution is -0.257. The molecule has 4 nitrogen and oxygen atoms in total. The van der Waals surface area contributed by atoms with Crippen molar-refractivity contribution >= 4 is 5.97 Å². The van der Waals surface area contributed by atoms with E-state index in [9.17, 15) is 9.90 Å². The van der Waals surface area contributed by atoms with Gasteiger partial charge in [0.25, 0.3) is 0 Å². The van der Waals surface area contributed by atoms with Crippen LogP contribution in [0.25, 0.3) is 0 Å². The van der Waals surface area contributed by atoms with Crippen molar-refractivity contribution in [1.82, 2.24) is 0 Å². The summed E-state index contributed by atoms with van der Waals surface area (Å²) >= 11 is 0. The van der Waals surface area contributed by atoms with Crippen molar-refractivity contribution < 1.29 is 19.1 Å². The van der Waals surface area contributed by atoms with Crippen molar-refractivity contribution in [3.05, 3.63) is 53.5 Å². The number of hydrogen-bond acceptors (Lipinski definition) is 4. The number of carbonyl (C=O) groups excluding carboxylic acids is 1. The van der Waals surface area contributed by atoms with Crippen LogP contribution in [-0.2, 0) is 12.0 Å². The first-order chi connectivity index (χ1) is 9.36. The highest BCUT2D eigenvalue weighted by molar-refractivity contribution is 5.82. The second kappa shape index (κ2) is 5.41. The Labute approximate surface area is 118 Å². The molecule has 1 aromatic heterocycles. The molecule has 1 aromatic carbocycles. The van der Waals surface area contributed by atoms with Crippen molar-refractivity contribution in [2.75, 3.05) is 0 Å². The lowest BCUT2D eigenvalue weighted by Crippen LogP contribution is -2.21. The third-order valence-electron chi connectivity index (χ3n) is 2.96. The molecule has 1 heterocycles. The molecule has 0 fully saturated rings. The average molecular weight is 273 g/mol. The zero-order valence-corrected chi connectivity index (χ0v) is 11.8. The third kappa shape index (κ3) is 3.41. The summed E-state index contributed by atoms with van der Waals surface area (Å²) in [5.41, 5.74) is 1.32. The lowest BCUT2D eigenvalue weighted by atomic mass is 9.87. The molecule has 0 spiro atoms. The number of carbonyl (C=O) groups is 1. The minimum absolute atomic E-state index is 0.100. The molecule has 0 amide bonds. The average Bonchev–Trinajstić information content (AvgIpc) is 2.85. The van der Waals surface area contributed by atoms with Crippen LogP contribution in [-0.4, -0.2) is 5.97 Å². The molecule has 0 aliphatic carbocycles. The second-order valence-electron chi connectivity index (χ2n) is 5.62. The SMILES string of the molecule is CC(C)(C)c1ccc(OCc2ccc(C(=O)[O-])o2)cc1. The van der Waals surface area contributed by atoms with Gasteiger partial charge in [-0.3, -0.25) is 0 Å². The number of aromatic carboxylic acids is 1. The Hall–Kier alpha value is -2.23. The number of furan rings is 1. The van der Waals surface area contributed by atoms with Gasteiger partial charge in [0.15, 0.2) is 0 Å². The quantitative estimate of drug-likeness (QED) is 0.858. The molecular weight excluding hydrogens is 256 g/mol. The standard InChI is InChI=1S/C16H18O4/c1-16(2,3)11-4-6-12(7-5-11)19-10-13-8-9-14(20-13)15(17)18/h4-9H,10H2,1-3H3,(H,17,18)/p-1. The van der Waals surface area contributed by atoms with Crippen LogP contribution in [0.15, 0.2) is 40.8 Å². The van der Waals surface area contributed by atoms with E-state index in [-0.39, 0.29) is 17.8 Å². The van der Waals surface area contributed by atoms with Crippen molar-refractivity contribution in [3.8, 4) is 5.75 Å². The summed E-state index contributed by atoms with van der Waals surface area (Å²) in [6.45, 7) is 6.62. The van der Waals surface area contributed by atoms with E-state index < -0.39 is 5.97 Å². The van der Waals surface area contributed by atoms with Gasteiger partial charge in [0.2, 0.25) is 0 Å². The minimum atomic E-state index is -1.33. The molecule has 0 atom stereocenters. The van der Waals surface area contributed by atoms with E-state index in [1.807, 2.05) is 24.3 Å². The molecule has 0 bridgehead atoms. The topological polar surface area (TPSA) is 62.5 Å². The van der Waals surface area contributed by atoms with E-state index in [4.69, 9.17) is 9.15 Å². The number of benzene rings is 1. The van der Waals surface area contributed by atoms with Crippen LogP contribution >= 0.6 is 0 Å². The Bertz CT molecular complexity index is 588. The molecule has 4 heteroatoms. The van der Waals surface area contributed by atoms with Gasteiger partial charge in [-0.25, -0.2) is 0 Å². The molecule has 0 radical (unpaired) electrons. The van der Waals surface area contributed by atoms with Gasteiger partial charge >= 0.3 is 0 Å². The van der Waals surface area contributed by atoms with Crippen LogP contribution in [0, 0.1) is 0 Å². The highest BCUT2D eigenvalue weighted by Crippen LogP contribution is 2.24. The molecule has 0 N–H and O–H groups in total. The number of carboxylic acid groups (broad SMARTS) is 1. The molecule has 20 heavy (non-hydrogen) atoms. The zero-order valence-electron chi connectivity index (χ0n) is 11.8. The van der Waals surface area contributed by atoms with E-state index in [1.54, 1.807) is 6.07 Å². The fourth-order valence-electron chi connectivity index (χ4n) is 1.77. The lowest BCUT2D eigenvalue weighted by Gasteiger charge is -2.19. The van der Waals surface area contributed by atoms with E-state index in [0.717, 1.165) is 0 Å². The minimum Gasteiger partial charge on any atom is -0.542 e. The first-order valence-electron chi connectivity index (χ1n) is 6.39. The van der Waals surface area contributed by atoms with Crippen LogP contribution in [0.3, 0.4) is 0 Å². The number of hydrogen-bond donors (Lipinski definition) is 0. The van der Waals surface area contributed by atoms with Gasteiger partial charge in [0, 0.05) is 0 Å². The predicted octanol–water partition coefficient (Wildman–Crippen LogP) is 2.52. The van der Waals surface area contributed by atoms with Crippen LogP contribution in [0.2, 0.25) is 0 Å². The largest absolute Gasteiger partial charge is 0.542 e. The van der Waals surface area contributed by atoms with Crippen LogP contribution in [0.4, 0.5) is 0 Å². The van der Waals surface area contributed by atoms with E-state index in [1.165, 1.54) is 11.6 Å². The van der Waals surface area contributed by atoms with Gasteiger partial charge in [-0.2, -0.15) is 0 Å². The molecule has 106 valence electrons. The van der Waals surface area contributed by atoms with Gasteiger partial charge < -0.3 is 19.1 Å². The number of carboxylic acids is 1. The van der Waals surface area contributed by atoms with Crippen molar-refractivity contribution in [3.63, 3.8) is 0 Å². The summed E-state index contributed by atoms with van der Waals surface area (Å²) < 4.78 is 10.6. The van der Waals surface area contributed by atoms with Gasteiger partial charge in [-0.15, -0.1) is 0 Å². The van der Waals surface area contributed by atoms with Crippen molar-refractivity contribution in [2.45, 2.75) is 32.8 Å². The molecule has 2 rings (SSSR count). The van der Waals surface area contributed by atoms with Crippen LogP contribution in [0.1, 0.15) is 42.6 Å². The highest BCUT2D eigenvalue weighted by atomic mass is 16.5. The Morgan fingerprint density at radius 2 is 1.80 bits per heavy atom. The van der Waals surface area contributed by atoms with Gasteiger partial charge in [-0.1, -0.05) is 32.9 Å². The number of ether oxygens (including phenoxy) is 1. The fourth-order valence-corrected chi connectivity index (χ4v) is 1.77. The summed E-state index contributed by atoms with van der Waals surface area (Å²) in [4.78, 5) is 10.6. The Morgan fingerprint density at radius 1 is 1.15 bits per heavy atom. The molecule has 0 unspecified atom stereocenters. The third-order valence-corrected chi connectivity index (χ3v) is 2.96. The summed E-state index contributed by atoms with van der Waals surface area (Å²) in [5.74, 6) is -0.356.